The van der Waals surface area contributed by atoms with Crippen molar-refractivity contribution >= 4 is 23.4 Å². The summed E-state index contributed by atoms with van der Waals surface area (Å²) in [5.41, 5.74) is 0.989. The Bertz CT molecular complexity index is 617. The molecule has 0 aromatic heterocycles. The maximum Gasteiger partial charge on any atom is 0.288 e. The van der Waals surface area contributed by atoms with E-state index in [-0.39, 0.29) is 18.1 Å². The van der Waals surface area contributed by atoms with Gasteiger partial charge >= 0.3 is 0 Å². The number of anilines is 1. The van der Waals surface area contributed by atoms with Gasteiger partial charge in [-0.15, -0.1) is 0 Å². The number of alkyl halides is 2. The van der Waals surface area contributed by atoms with Crippen molar-refractivity contribution in [1.29, 1.82) is 0 Å². The molecule has 0 atom stereocenters. The van der Waals surface area contributed by atoms with Crippen LogP contribution in [0.2, 0.25) is 0 Å². The van der Waals surface area contributed by atoms with Crippen LogP contribution in [0.3, 0.4) is 0 Å². The highest BCUT2D eigenvalue weighted by molar-refractivity contribution is 7.99. The average molecular weight is 311 g/mol. The fourth-order valence-corrected chi connectivity index (χ4v) is 2.35. The van der Waals surface area contributed by atoms with Crippen molar-refractivity contribution in [2.75, 3.05) is 5.32 Å². The molecule has 0 fully saturated rings. The van der Waals surface area contributed by atoms with Crippen molar-refractivity contribution in [3.8, 4) is 0 Å². The number of hydrogen-bond acceptors (Lipinski definition) is 2. The van der Waals surface area contributed by atoms with E-state index in [1.54, 1.807) is 18.2 Å². The molecule has 2 nitrogen and oxygen atoms in total. The molecule has 110 valence electrons. The van der Waals surface area contributed by atoms with Crippen molar-refractivity contribution in [1.82, 2.24) is 0 Å². The molecule has 0 bridgehead atoms. The fraction of sp³-hybridized carbons (Fsp3) is 0.133. The van der Waals surface area contributed by atoms with Crippen LogP contribution in [0.4, 0.5) is 18.9 Å². The lowest BCUT2D eigenvalue weighted by atomic mass is 10.1. The van der Waals surface area contributed by atoms with E-state index in [1.807, 2.05) is 0 Å². The average Bonchev–Trinajstić information content (AvgIpc) is 2.43. The van der Waals surface area contributed by atoms with Crippen LogP contribution in [0.15, 0.2) is 53.4 Å². The number of nitrogens with one attached hydrogen (secondary N) is 1. The Kier molecular flexibility index (Phi) is 5.27. The van der Waals surface area contributed by atoms with E-state index in [0.717, 1.165) is 0 Å². The normalized spacial score (nSPS) is 10.7. The zero-order chi connectivity index (χ0) is 15.2. The van der Waals surface area contributed by atoms with Gasteiger partial charge < -0.3 is 5.32 Å². The quantitative estimate of drug-likeness (QED) is 0.833. The van der Waals surface area contributed by atoms with E-state index in [1.165, 1.54) is 30.3 Å². The Hall–Kier alpha value is -1.95. The molecule has 0 spiro atoms. The van der Waals surface area contributed by atoms with Crippen LogP contribution in [-0.2, 0) is 11.2 Å². The standard InChI is InChI=1S/C15H12F3NOS/c16-11-7-5-10(6-8-11)9-14(20)19-12-3-1-2-4-13(12)21-15(17)18/h1-8,15H,9H2,(H,19,20). The first-order valence-electron chi connectivity index (χ1n) is 6.13. The van der Waals surface area contributed by atoms with Gasteiger partial charge in [0.15, 0.2) is 0 Å². The summed E-state index contributed by atoms with van der Waals surface area (Å²) in [6.45, 7) is 0. The number of rotatable bonds is 5. The van der Waals surface area contributed by atoms with Crippen LogP contribution < -0.4 is 5.32 Å². The van der Waals surface area contributed by atoms with Gasteiger partial charge in [0.05, 0.1) is 12.1 Å². The van der Waals surface area contributed by atoms with Gasteiger partial charge in [-0.2, -0.15) is 8.78 Å². The predicted molar refractivity (Wildman–Crippen MR) is 77.0 cm³/mol. The highest BCUT2D eigenvalue weighted by atomic mass is 32.2. The molecular formula is C15H12F3NOS. The van der Waals surface area contributed by atoms with Crippen LogP contribution in [0.5, 0.6) is 0 Å². The zero-order valence-electron chi connectivity index (χ0n) is 10.9. The lowest BCUT2D eigenvalue weighted by molar-refractivity contribution is -0.115. The number of hydrogen-bond donors (Lipinski definition) is 1. The third kappa shape index (κ3) is 4.82. The first-order valence-corrected chi connectivity index (χ1v) is 7.00. The predicted octanol–water partition coefficient (Wildman–Crippen LogP) is 4.32. The number of halogens is 3. The molecule has 2 aromatic rings. The largest absolute Gasteiger partial charge is 0.325 e. The topological polar surface area (TPSA) is 29.1 Å². The highest BCUT2D eigenvalue weighted by Crippen LogP contribution is 2.31. The minimum atomic E-state index is -2.56. The second-order valence-electron chi connectivity index (χ2n) is 4.23. The molecule has 6 heteroatoms. The lowest BCUT2D eigenvalue weighted by Crippen LogP contribution is -2.15. The Morgan fingerprint density at radius 3 is 2.43 bits per heavy atom. The maximum absolute atomic E-state index is 12.8. The number of carbonyl (C=O) groups is 1. The highest BCUT2D eigenvalue weighted by Gasteiger charge is 2.12. The summed E-state index contributed by atoms with van der Waals surface area (Å²) in [6.07, 6.45) is 0.0496. The van der Waals surface area contributed by atoms with E-state index in [0.29, 0.717) is 27.9 Å². The number of thioether (sulfide) groups is 1. The second-order valence-corrected chi connectivity index (χ2v) is 5.26. The maximum atomic E-state index is 12.8. The number of amides is 1. The monoisotopic (exact) mass is 311 g/mol. The van der Waals surface area contributed by atoms with Gasteiger partial charge in [0.2, 0.25) is 5.91 Å². The minimum Gasteiger partial charge on any atom is -0.325 e. The van der Waals surface area contributed by atoms with Gasteiger partial charge in [-0.25, -0.2) is 4.39 Å². The molecule has 0 aliphatic rings. The molecular weight excluding hydrogens is 299 g/mol. The summed E-state index contributed by atoms with van der Waals surface area (Å²) < 4.78 is 37.6. The summed E-state index contributed by atoms with van der Waals surface area (Å²) in [7, 11) is 0. The number of carbonyl (C=O) groups excluding carboxylic acids is 1. The molecule has 0 saturated carbocycles. The molecule has 0 radical (unpaired) electrons. The van der Waals surface area contributed by atoms with Crippen LogP contribution in [0.25, 0.3) is 0 Å². The lowest BCUT2D eigenvalue weighted by Gasteiger charge is -2.10. The van der Waals surface area contributed by atoms with Gasteiger partial charge in [-0.05, 0) is 29.8 Å². The number of benzene rings is 2. The molecule has 0 unspecified atom stereocenters. The Morgan fingerprint density at radius 2 is 1.76 bits per heavy atom. The van der Waals surface area contributed by atoms with Crippen molar-refractivity contribution in [3.05, 3.63) is 59.9 Å². The molecule has 2 rings (SSSR count). The summed E-state index contributed by atoms with van der Waals surface area (Å²) in [5.74, 6) is -3.28. The molecule has 0 aliphatic carbocycles. The third-order valence-electron chi connectivity index (χ3n) is 2.66. The van der Waals surface area contributed by atoms with Crippen molar-refractivity contribution in [3.63, 3.8) is 0 Å². The summed E-state index contributed by atoms with van der Waals surface area (Å²) in [6, 6.07) is 11.9. The molecule has 21 heavy (non-hydrogen) atoms. The Balaban J connectivity index is 2.04. The molecule has 0 saturated heterocycles. The van der Waals surface area contributed by atoms with Crippen molar-refractivity contribution < 1.29 is 18.0 Å². The van der Waals surface area contributed by atoms with Gasteiger partial charge in [-0.1, -0.05) is 36.0 Å². The molecule has 2 aromatic carbocycles. The fourth-order valence-electron chi connectivity index (χ4n) is 1.75. The van der Waals surface area contributed by atoms with E-state index >= 15 is 0 Å². The Labute approximate surface area is 124 Å². The van der Waals surface area contributed by atoms with E-state index in [9.17, 15) is 18.0 Å². The smallest absolute Gasteiger partial charge is 0.288 e. The van der Waals surface area contributed by atoms with Crippen molar-refractivity contribution in [2.45, 2.75) is 17.1 Å². The van der Waals surface area contributed by atoms with E-state index in [2.05, 4.69) is 5.32 Å². The van der Waals surface area contributed by atoms with Crippen LogP contribution in [0.1, 0.15) is 5.56 Å². The summed E-state index contributed by atoms with van der Waals surface area (Å²) in [5, 5.41) is 2.59. The van der Waals surface area contributed by atoms with Crippen LogP contribution in [-0.4, -0.2) is 11.7 Å². The first-order chi connectivity index (χ1) is 10.0. The zero-order valence-corrected chi connectivity index (χ0v) is 11.7. The second kappa shape index (κ2) is 7.17. The number of para-hydroxylation sites is 1. The Morgan fingerprint density at radius 1 is 1.10 bits per heavy atom. The first kappa shape index (κ1) is 15.4. The van der Waals surface area contributed by atoms with Crippen molar-refractivity contribution in [2.24, 2.45) is 0 Å². The SMILES string of the molecule is O=C(Cc1ccc(F)cc1)Nc1ccccc1SC(F)F. The molecule has 1 N–H and O–H groups in total. The van der Waals surface area contributed by atoms with E-state index < -0.39 is 5.76 Å². The van der Waals surface area contributed by atoms with Gasteiger partial charge in [-0.3, -0.25) is 4.79 Å². The molecule has 1 amide bonds. The molecule has 0 aliphatic heterocycles. The van der Waals surface area contributed by atoms with Crippen LogP contribution >= 0.6 is 11.8 Å². The summed E-state index contributed by atoms with van der Waals surface area (Å²) in [4.78, 5) is 12.2. The minimum absolute atomic E-state index is 0.0496. The molecule has 0 heterocycles. The van der Waals surface area contributed by atoms with E-state index in [4.69, 9.17) is 0 Å². The van der Waals surface area contributed by atoms with Gasteiger partial charge in [0, 0.05) is 4.90 Å². The third-order valence-corrected chi connectivity index (χ3v) is 3.44. The van der Waals surface area contributed by atoms with Gasteiger partial charge in [0.25, 0.3) is 5.76 Å². The van der Waals surface area contributed by atoms with Gasteiger partial charge in [0.1, 0.15) is 5.82 Å². The summed E-state index contributed by atoms with van der Waals surface area (Å²) >= 11 is 0.378. The van der Waals surface area contributed by atoms with Crippen LogP contribution in [0, 0.1) is 5.82 Å².